The van der Waals surface area contributed by atoms with Crippen LogP contribution in [0.2, 0.25) is 0 Å². The van der Waals surface area contributed by atoms with E-state index in [1.807, 2.05) is 0 Å². The Hall–Kier alpha value is -2.84. The molecule has 0 radical (unpaired) electrons. The average Bonchev–Trinajstić information content (AvgIpc) is 2.68. The fourth-order valence-corrected chi connectivity index (χ4v) is 3.40. The van der Waals surface area contributed by atoms with Crippen LogP contribution in [0.15, 0.2) is 33.0 Å². The predicted molar refractivity (Wildman–Crippen MR) is 104 cm³/mol. The molecule has 2 aromatic rings. The molecular formula is C21H24O8. The van der Waals surface area contributed by atoms with Crippen molar-refractivity contribution in [1.29, 1.82) is 0 Å². The zero-order valence-corrected chi connectivity index (χ0v) is 16.5. The highest BCUT2D eigenvalue weighted by molar-refractivity contribution is 5.88. The molecule has 0 saturated heterocycles. The molecule has 2 atom stereocenters. The number of aromatic hydroxyl groups is 1. The van der Waals surface area contributed by atoms with E-state index in [0.717, 1.165) is 6.07 Å². The first-order valence-electron chi connectivity index (χ1n) is 9.30. The molecule has 156 valence electrons. The molecule has 29 heavy (non-hydrogen) atoms. The number of hydrogen-bond acceptors (Lipinski definition) is 8. The topological polar surface area (TPSA) is 126 Å². The maximum Gasteiger partial charge on any atom is 0.333 e. The molecule has 2 heterocycles. The van der Waals surface area contributed by atoms with Crippen molar-refractivity contribution in [3.63, 3.8) is 0 Å². The minimum atomic E-state index is -1.06. The zero-order valence-electron chi connectivity index (χ0n) is 16.5. The number of rotatable bonds is 5. The molecular weight excluding hydrogens is 380 g/mol. The lowest BCUT2D eigenvalue weighted by Gasteiger charge is -2.41. The van der Waals surface area contributed by atoms with E-state index in [-0.39, 0.29) is 47.7 Å². The molecule has 0 fully saturated rings. The van der Waals surface area contributed by atoms with Crippen LogP contribution in [-0.2, 0) is 22.6 Å². The van der Waals surface area contributed by atoms with Gasteiger partial charge in [-0.3, -0.25) is 4.79 Å². The predicted octanol–water partition coefficient (Wildman–Crippen LogP) is 1.94. The molecule has 8 nitrogen and oxygen atoms in total. The Kier molecular flexibility index (Phi) is 5.68. The number of benzene rings is 1. The third kappa shape index (κ3) is 3.73. The van der Waals surface area contributed by atoms with Crippen LogP contribution in [0.5, 0.6) is 11.5 Å². The maximum absolute atomic E-state index is 12.4. The lowest BCUT2D eigenvalue weighted by atomic mass is 9.86. The second kappa shape index (κ2) is 7.88. The van der Waals surface area contributed by atoms with Gasteiger partial charge in [0.1, 0.15) is 46.5 Å². The summed E-state index contributed by atoms with van der Waals surface area (Å²) in [5.74, 6) is -0.518. The number of carbonyl (C=O) groups excluding carboxylic acids is 1. The van der Waals surface area contributed by atoms with Crippen molar-refractivity contribution in [2.75, 3.05) is 6.61 Å². The summed E-state index contributed by atoms with van der Waals surface area (Å²) in [4.78, 5) is 24.7. The number of aliphatic hydroxyl groups is 2. The van der Waals surface area contributed by atoms with Crippen molar-refractivity contribution in [2.24, 2.45) is 0 Å². The number of allylic oxidation sites excluding steroid dienone is 1. The number of phenols is 1. The van der Waals surface area contributed by atoms with Crippen LogP contribution in [-0.4, -0.2) is 39.6 Å². The van der Waals surface area contributed by atoms with Crippen LogP contribution in [0.25, 0.3) is 11.0 Å². The molecule has 1 aromatic carbocycles. The van der Waals surface area contributed by atoms with Gasteiger partial charge >= 0.3 is 5.97 Å². The first-order chi connectivity index (χ1) is 13.7. The van der Waals surface area contributed by atoms with E-state index >= 15 is 0 Å². The molecule has 0 amide bonds. The number of hydrogen-bond donors (Lipinski definition) is 3. The quantitative estimate of drug-likeness (QED) is 0.510. The first kappa shape index (κ1) is 20.9. The summed E-state index contributed by atoms with van der Waals surface area (Å²) in [6, 6.07) is 2.58. The second-order valence-electron chi connectivity index (χ2n) is 7.27. The van der Waals surface area contributed by atoms with Gasteiger partial charge in [0, 0.05) is 42.7 Å². The van der Waals surface area contributed by atoms with E-state index in [2.05, 4.69) is 0 Å². The summed E-state index contributed by atoms with van der Waals surface area (Å²) < 4.78 is 17.1. The van der Waals surface area contributed by atoms with Crippen molar-refractivity contribution in [1.82, 2.24) is 0 Å². The van der Waals surface area contributed by atoms with Crippen LogP contribution in [0.3, 0.4) is 0 Å². The van der Waals surface area contributed by atoms with Crippen molar-refractivity contribution in [3.8, 4) is 11.5 Å². The molecule has 0 spiro atoms. The largest absolute Gasteiger partial charge is 0.507 e. The highest BCUT2D eigenvalue weighted by Crippen LogP contribution is 2.44. The van der Waals surface area contributed by atoms with Gasteiger partial charge in [-0.1, -0.05) is 6.08 Å². The molecule has 3 rings (SSSR count). The van der Waals surface area contributed by atoms with Gasteiger partial charge in [0.2, 0.25) is 0 Å². The van der Waals surface area contributed by atoms with Crippen molar-refractivity contribution in [3.05, 3.63) is 45.3 Å². The zero-order chi connectivity index (χ0) is 21.3. The minimum absolute atomic E-state index is 0.0370. The van der Waals surface area contributed by atoms with Gasteiger partial charge in [-0.05, 0) is 20.8 Å². The Balaban J connectivity index is 2.12. The Bertz CT molecular complexity index is 1040. The van der Waals surface area contributed by atoms with Gasteiger partial charge in [-0.25, -0.2) is 4.79 Å². The summed E-state index contributed by atoms with van der Waals surface area (Å²) in [5.41, 5.74) is -0.752. The van der Waals surface area contributed by atoms with Crippen molar-refractivity contribution >= 4 is 16.9 Å². The van der Waals surface area contributed by atoms with E-state index in [9.17, 15) is 24.9 Å². The third-order valence-corrected chi connectivity index (χ3v) is 5.29. The molecule has 0 saturated carbocycles. The van der Waals surface area contributed by atoms with E-state index in [0.29, 0.717) is 11.1 Å². The highest BCUT2D eigenvalue weighted by Gasteiger charge is 2.44. The average molecular weight is 404 g/mol. The monoisotopic (exact) mass is 404 g/mol. The summed E-state index contributed by atoms with van der Waals surface area (Å²) in [6.45, 7) is 4.38. The van der Waals surface area contributed by atoms with E-state index < -0.39 is 29.7 Å². The number of carbonyl (C=O) groups is 1. The van der Waals surface area contributed by atoms with Crippen LogP contribution < -0.4 is 10.2 Å². The van der Waals surface area contributed by atoms with Crippen LogP contribution in [0.1, 0.15) is 38.5 Å². The molecule has 8 heteroatoms. The molecule has 1 aliphatic heterocycles. The lowest BCUT2D eigenvalue weighted by Crippen LogP contribution is -2.51. The molecule has 0 unspecified atom stereocenters. The normalized spacial score (nSPS) is 21.6. The highest BCUT2D eigenvalue weighted by atomic mass is 16.6. The Morgan fingerprint density at radius 1 is 1.38 bits per heavy atom. The maximum atomic E-state index is 12.4. The first-order valence-corrected chi connectivity index (χ1v) is 9.30. The van der Waals surface area contributed by atoms with Gasteiger partial charge in [-0.2, -0.15) is 0 Å². The standard InChI is InChI=1S/C21H24O8/c1-4-11(2)20(26)28-17-8-13-15(29-21(17,3)5-6-22)9-16-18(19(13)25)14(24)7-12(10-23)27-16/h4,7,9,17,22-23,25H,5-6,8,10H2,1-3H3/t17-,21-/m0/s1. The Morgan fingerprint density at radius 2 is 2.10 bits per heavy atom. The third-order valence-electron chi connectivity index (χ3n) is 5.29. The number of phenolic OH excluding ortho intramolecular Hbond substituents is 1. The van der Waals surface area contributed by atoms with Gasteiger partial charge in [0.15, 0.2) is 5.43 Å². The molecule has 1 aromatic heterocycles. The fourth-order valence-electron chi connectivity index (χ4n) is 3.40. The fraction of sp³-hybridized carbons (Fsp3) is 0.429. The van der Waals surface area contributed by atoms with Gasteiger partial charge in [-0.15, -0.1) is 0 Å². The van der Waals surface area contributed by atoms with E-state index in [1.54, 1.807) is 26.8 Å². The summed E-state index contributed by atoms with van der Waals surface area (Å²) in [6.07, 6.45) is 1.10. The van der Waals surface area contributed by atoms with Gasteiger partial charge < -0.3 is 29.2 Å². The van der Waals surface area contributed by atoms with Gasteiger partial charge in [0.05, 0.1) is 0 Å². The number of esters is 1. The van der Waals surface area contributed by atoms with Crippen molar-refractivity contribution in [2.45, 2.75) is 51.9 Å². The second-order valence-corrected chi connectivity index (χ2v) is 7.27. The van der Waals surface area contributed by atoms with Gasteiger partial charge in [0.25, 0.3) is 0 Å². The van der Waals surface area contributed by atoms with E-state index in [4.69, 9.17) is 13.9 Å². The summed E-state index contributed by atoms with van der Waals surface area (Å²) in [5, 5.41) is 29.5. The van der Waals surface area contributed by atoms with Crippen LogP contribution in [0.4, 0.5) is 0 Å². The Labute approximate surface area is 167 Å². The molecule has 3 N–H and O–H groups in total. The smallest absolute Gasteiger partial charge is 0.333 e. The number of fused-ring (bicyclic) bond motifs is 2. The molecule has 0 aliphatic carbocycles. The minimum Gasteiger partial charge on any atom is -0.507 e. The van der Waals surface area contributed by atoms with Crippen LogP contribution in [0, 0.1) is 0 Å². The number of ether oxygens (including phenoxy) is 2. The summed E-state index contributed by atoms with van der Waals surface area (Å²) in [7, 11) is 0. The SMILES string of the molecule is CC=C(C)C(=O)O[C@H]1Cc2c(cc3oc(CO)cc(=O)c3c2O)O[C@@]1(C)CCO. The number of aliphatic hydroxyl groups excluding tert-OH is 2. The molecule has 0 bridgehead atoms. The summed E-state index contributed by atoms with van der Waals surface area (Å²) >= 11 is 0. The lowest BCUT2D eigenvalue weighted by molar-refractivity contribution is -0.159. The molecule has 1 aliphatic rings. The van der Waals surface area contributed by atoms with Crippen LogP contribution >= 0.6 is 0 Å². The Morgan fingerprint density at radius 3 is 2.72 bits per heavy atom. The van der Waals surface area contributed by atoms with E-state index in [1.165, 1.54) is 6.07 Å². The van der Waals surface area contributed by atoms with Crippen molar-refractivity contribution < 1.29 is 34.0 Å².